The van der Waals surface area contributed by atoms with E-state index in [1.54, 1.807) is 20.0 Å². The van der Waals surface area contributed by atoms with Gasteiger partial charge < -0.3 is 35.7 Å². The summed E-state index contributed by atoms with van der Waals surface area (Å²) in [5, 5.41) is 4.91. The maximum atomic E-state index is 12.8. The Morgan fingerprint density at radius 1 is 0.595 bits per heavy atom. The number of hydrogen-bond donors (Lipinski definition) is 3. The van der Waals surface area contributed by atoms with Gasteiger partial charge in [-0.15, -0.1) is 8.78 Å². The quantitative estimate of drug-likeness (QED) is 0.151. The molecule has 7 nitrogen and oxygen atoms in total. The molecule has 5 N–H and O–H groups in total. The molecule has 4 aromatic carbocycles. The average Bonchev–Trinajstić information content (AvgIpc) is 3.24. The zero-order valence-corrected chi connectivity index (χ0v) is 23.0. The monoisotopic (exact) mass is 597 g/mol. The Kier molecular flexibility index (Phi) is 9.44. The number of benzene rings is 4. The van der Waals surface area contributed by atoms with Gasteiger partial charge in [0.15, 0.2) is 23.0 Å². The third kappa shape index (κ3) is 7.33. The third-order valence-electron chi connectivity index (χ3n) is 5.56. The SMILES string of the molecule is CC.CNc1ccc2c(c1)OC(F)(F)C(F)(F)O2.Cc1ccc2c(c1)OC(F)(F)O2.Nc1cc2ccccc2cc1N. The molecule has 0 saturated heterocycles. The van der Waals surface area contributed by atoms with Gasteiger partial charge in [0, 0.05) is 18.8 Å². The summed E-state index contributed by atoms with van der Waals surface area (Å²) < 4.78 is 92.1. The van der Waals surface area contributed by atoms with Crippen LogP contribution in [0.2, 0.25) is 0 Å². The molecule has 2 aliphatic rings. The Labute approximate surface area is 237 Å². The van der Waals surface area contributed by atoms with Crippen LogP contribution in [-0.2, 0) is 0 Å². The van der Waals surface area contributed by atoms with E-state index in [0.717, 1.165) is 28.5 Å². The van der Waals surface area contributed by atoms with Crippen molar-refractivity contribution in [3.05, 3.63) is 78.4 Å². The number of hydrogen-bond acceptors (Lipinski definition) is 7. The van der Waals surface area contributed by atoms with Crippen LogP contribution in [0, 0.1) is 6.92 Å². The fraction of sp³-hybridized carbons (Fsp3) is 0.241. The van der Waals surface area contributed by atoms with Crippen molar-refractivity contribution in [1.29, 1.82) is 0 Å². The number of nitrogens with one attached hydrogen (secondary N) is 1. The molecular weight excluding hydrogens is 568 g/mol. The van der Waals surface area contributed by atoms with Crippen molar-refractivity contribution < 1.29 is 45.3 Å². The van der Waals surface area contributed by atoms with Crippen LogP contribution in [0.5, 0.6) is 23.0 Å². The topological polar surface area (TPSA) is 101 Å². The van der Waals surface area contributed by atoms with Crippen LogP contribution in [0.1, 0.15) is 19.4 Å². The number of ether oxygens (including phenoxy) is 4. The zero-order chi connectivity index (χ0) is 31.3. The van der Waals surface area contributed by atoms with Gasteiger partial charge in [0.2, 0.25) is 0 Å². The van der Waals surface area contributed by atoms with Crippen molar-refractivity contribution in [1.82, 2.24) is 0 Å². The number of nitrogen functional groups attached to an aromatic ring is 2. The van der Waals surface area contributed by atoms with Crippen LogP contribution in [0.4, 0.5) is 43.4 Å². The van der Waals surface area contributed by atoms with Crippen LogP contribution >= 0.6 is 0 Å². The molecule has 0 amide bonds. The van der Waals surface area contributed by atoms with Gasteiger partial charge in [-0.05, 0) is 59.7 Å². The van der Waals surface area contributed by atoms with Gasteiger partial charge in [0.05, 0.1) is 11.4 Å². The van der Waals surface area contributed by atoms with E-state index in [4.69, 9.17) is 11.5 Å². The molecule has 0 fully saturated rings. The van der Waals surface area contributed by atoms with Gasteiger partial charge in [-0.1, -0.05) is 44.2 Å². The molecule has 6 rings (SSSR count). The summed E-state index contributed by atoms with van der Waals surface area (Å²) in [7, 11) is 1.55. The highest BCUT2D eigenvalue weighted by Gasteiger charge is 2.65. The van der Waals surface area contributed by atoms with Gasteiger partial charge in [-0.25, -0.2) is 0 Å². The van der Waals surface area contributed by atoms with E-state index in [0.29, 0.717) is 17.1 Å². The second kappa shape index (κ2) is 12.5. The zero-order valence-electron chi connectivity index (χ0n) is 23.0. The molecule has 0 atom stereocenters. The van der Waals surface area contributed by atoms with Crippen LogP contribution < -0.4 is 35.7 Å². The predicted octanol–water partition coefficient (Wildman–Crippen LogP) is 8.03. The highest BCUT2D eigenvalue weighted by molar-refractivity contribution is 5.90. The first kappa shape index (κ1) is 31.8. The fourth-order valence-corrected chi connectivity index (χ4v) is 3.55. The summed E-state index contributed by atoms with van der Waals surface area (Å²) in [5.41, 5.74) is 13.9. The number of alkyl halides is 6. The molecule has 42 heavy (non-hydrogen) atoms. The minimum Gasteiger partial charge on any atom is -0.421 e. The summed E-state index contributed by atoms with van der Waals surface area (Å²) in [4.78, 5) is 0. The van der Waals surface area contributed by atoms with E-state index >= 15 is 0 Å². The van der Waals surface area contributed by atoms with Crippen molar-refractivity contribution in [2.75, 3.05) is 23.8 Å². The third-order valence-corrected chi connectivity index (χ3v) is 5.56. The molecule has 0 radical (unpaired) electrons. The first-order valence-electron chi connectivity index (χ1n) is 12.6. The highest BCUT2D eigenvalue weighted by atomic mass is 19.3. The van der Waals surface area contributed by atoms with Crippen molar-refractivity contribution in [2.45, 2.75) is 39.3 Å². The smallest absolute Gasteiger partial charge is 0.421 e. The lowest BCUT2D eigenvalue weighted by Gasteiger charge is -2.31. The molecule has 2 heterocycles. The van der Waals surface area contributed by atoms with Crippen molar-refractivity contribution in [3.8, 4) is 23.0 Å². The summed E-state index contributed by atoms with van der Waals surface area (Å²) in [6, 6.07) is 20.1. The van der Waals surface area contributed by atoms with Crippen molar-refractivity contribution in [3.63, 3.8) is 0 Å². The Hall–Kier alpha value is -4.68. The summed E-state index contributed by atoms with van der Waals surface area (Å²) in [5.74, 6) is -0.664. The van der Waals surface area contributed by atoms with E-state index in [-0.39, 0.29) is 11.5 Å². The minimum atomic E-state index is -4.67. The molecule has 0 saturated carbocycles. The molecule has 226 valence electrons. The molecule has 0 bridgehead atoms. The predicted molar refractivity (Wildman–Crippen MR) is 149 cm³/mol. The standard InChI is InChI=1S/C10H10N2.C9H7F4NO2.C8H6F2O2.C2H6/c11-9-5-7-3-1-2-4-8(7)6-10(9)12;1-14-5-2-3-6-7(4-5)16-9(12,13)8(10,11)15-6;1-5-2-3-6-7(4-5)12-8(9,10)11-6;1-2/h1-6H,11-12H2;2-4,14H,1H3;2-4H,1H3;1-2H3. The Morgan fingerprint density at radius 2 is 1.05 bits per heavy atom. The van der Waals surface area contributed by atoms with Crippen LogP contribution in [-0.4, -0.2) is 25.6 Å². The van der Waals surface area contributed by atoms with E-state index < -0.39 is 30.0 Å². The maximum absolute atomic E-state index is 12.8. The van der Waals surface area contributed by atoms with Gasteiger partial charge in [-0.3, -0.25) is 0 Å². The second-order valence-corrected chi connectivity index (χ2v) is 8.60. The molecule has 0 spiro atoms. The largest absolute Gasteiger partial charge is 0.586 e. The number of fused-ring (bicyclic) bond motifs is 3. The van der Waals surface area contributed by atoms with Crippen LogP contribution in [0.3, 0.4) is 0 Å². The molecule has 0 unspecified atom stereocenters. The van der Waals surface area contributed by atoms with E-state index in [1.807, 2.05) is 50.2 Å². The lowest BCUT2D eigenvalue weighted by atomic mass is 10.1. The highest BCUT2D eigenvalue weighted by Crippen LogP contribution is 2.47. The Bertz CT molecular complexity index is 1490. The maximum Gasteiger partial charge on any atom is 0.586 e. The average molecular weight is 598 g/mol. The van der Waals surface area contributed by atoms with Gasteiger partial charge in [0.25, 0.3) is 0 Å². The number of anilines is 3. The summed E-state index contributed by atoms with van der Waals surface area (Å²) in [6.07, 6.45) is -12.8. The lowest BCUT2D eigenvalue weighted by Crippen LogP contribution is -2.52. The van der Waals surface area contributed by atoms with Gasteiger partial charge in [0.1, 0.15) is 0 Å². The van der Waals surface area contributed by atoms with Crippen molar-refractivity contribution in [2.24, 2.45) is 0 Å². The molecule has 4 aromatic rings. The van der Waals surface area contributed by atoms with E-state index in [2.05, 4.69) is 24.3 Å². The summed E-state index contributed by atoms with van der Waals surface area (Å²) >= 11 is 0. The normalized spacial score (nSPS) is 16.0. The Morgan fingerprint density at radius 3 is 1.60 bits per heavy atom. The van der Waals surface area contributed by atoms with Crippen molar-refractivity contribution >= 4 is 27.8 Å². The first-order chi connectivity index (χ1) is 19.7. The number of aryl methyl sites for hydroxylation is 1. The lowest BCUT2D eigenvalue weighted by molar-refractivity contribution is -0.391. The Balaban J connectivity index is 0.000000170. The fourth-order valence-electron chi connectivity index (χ4n) is 3.55. The number of halogens is 6. The first-order valence-corrected chi connectivity index (χ1v) is 12.6. The van der Waals surface area contributed by atoms with Gasteiger partial charge in [-0.2, -0.15) is 17.6 Å². The molecule has 0 aliphatic carbocycles. The molecule has 0 aromatic heterocycles. The molecule has 13 heteroatoms. The van der Waals surface area contributed by atoms with Gasteiger partial charge >= 0.3 is 18.5 Å². The second-order valence-electron chi connectivity index (χ2n) is 8.60. The van der Waals surface area contributed by atoms with Crippen LogP contribution in [0.15, 0.2) is 72.8 Å². The van der Waals surface area contributed by atoms with Crippen LogP contribution in [0.25, 0.3) is 10.8 Å². The van der Waals surface area contributed by atoms with E-state index in [9.17, 15) is 26.3 Å². The minimum absolute atomic E-state index is 0.0885. The number of rotatable bonds is 1. The van der Waals surface area contributed by atoms with E-state index in [1.165, 1.54) is 18.2 Å². The molecular formula is C29H29F6N3O4. The molecule has 2 aliphatic heterocycles. The number of nitrogens with two attached hydrogens (primary N) is 2. The summed E-state index contributed by atoms with van der Waals surface area (Å²) in [6.45, 7) is 5.79.